The highest BCUT2D eigenvalue weighted by molar-refractivity contribution is 7.98. The van der Waals surface area contributed by atoms with Gasteiger partial charge in [-0.25, -0.2) is 4.68 Å². The number of hydrogen-bond donors (Lipinski definition) is 1. The number of hydrogen-bond acceptors (Lipinski definition) is 5. The maximum atomic E-state index is 5.41. The van der Waals surface area contributed by atoms with Gasteiger partial charge in [-0.3, -0.25) is 0 Å². The summed E-state index contributed by atoms with van der Waals surface area (Å²) in [6.45, 7) is 3.63. The molecule has 0 unspecified atom stereocenters. The van der Waals surface area contributed by atoms with E-state index in [9.17, 15) is 0 Å². The summed E-state index contributed by atoms with van der Waals surface area (Å²) in [7, 11) is 0. The van der Waals surface area contributed by atoms with E-state index < -0.39 is 0 Å². The summed E-state index contributed by atoms with van der Waals surface area (Å²) in [5.74, 6) is 2.91. The summed E-state index contributed by atoms with van der Waals surface area (Å²) in [5.41, 5.74) is 5.41. The molecule has 0 spiro atoms. The molecule has 74 valence electrons. The maximum absolute atomic E-state index is 5.41. The van der Waals surface area contributed by atoms with Gasteiger partial charge in [0.25, 0.3) is 0 Å². The van der Waals surface area contributed by atoms with Crippen molar-refractivity contribution >= 4 is 11.8 Å². The van der Waals surface area contributed by atoms with Crippen LogP contribution in [-0.4, -0.2) is 32.5 Å². The van der Waals surface area contributed by atoms with Crippen molar-refractivity contribution < 1.29 is 0 Å². The van der Waals surface area contributed by atoms with Crippen LogP contribution in [-0.2, 0) is 12.3 Å². The molecule has 0 saturated carbocycles. The zero-order valence-corrected chi connectivity index (χ0v) is 8.63. The van der Waals surface area contributed by atoms with Gasteiger partial charge >= 0.3 is 0 Å². The van der Waals surface area contributed by atoms with Crippen molar-refractivity contribution in [2.45, 2.75) is 25.6 Å². The van der Waals surface area contributed by atoms with Crippen molar-refractivity contribution in [3.8, 4) is 0 Å². The molecular weight excluding hydrogens is 186 g/mol. The Labute approximate surface area is 82.1 Å². The maximum Gasteiger partial charge on any atom is 0.161 e. The minimum Gasteiger partial charge on any atom is -0.330 e. The Morgan fingerprint density at radius 3 is 3.08 bits per heavy atom. The Kier molecular flexibility index (Phi) is 4.77. The Morgan fingerprint density at radius 2 is 2.38 bits per heavy atom. The van der Waals surface area contributed by atoms with E-state index in [2.05, 4.69) is 22.4 Å². The quantitative estimate of drug-likeness (QED) is 0.715. The summed E-state index contributed by atoms with van der Waals surface area (Å²) in [4.78, 5) is 0. The minimum absolute atomic E-state index is 0.681. The lowest BCUT2D eigenvalue weighted by Crippen LogP contribution is -2.09. The summed E-state index contributed by atoms with van der Waals surface area (Å²) in [6, 6.07) is 0. The predicted molar refractivity (Wildman–Crippen MR) is 53.3 cm³/mol. The standard InChI is InChI=1S/C7H15N5S/c1-2-13-6-7-9-10-11-12(7)5-3-4-8/h2-6,8H2,1H3. The van der Waals surface area contributed by atoms with Gasteiger partial charge in [0.15, 0.2) is 5.82 Å². The number of rotatable bonds is 6. The molecule has 6 heteroatoms. The molecule has 1 aromatic rings. The van der Waals surface area contributed by atoms with Crippen LogP contribution < -0.4 is 5.73 Å². The van der Waals surface area contributed by atoms with Crippen LogP contribution in [0, 0.1) is 0 Å². The van der Waals surface area contributed by atoms with E-state index in [1.807, 2.05) is 16.4 Å². The summed E-state index contributed by atoms with van der Waals surface area (Å²) < 4.78 is 1.83. The number of nitrogens with two attached hydrogens (primary N) is 1. The molecule has 0 atom stereocenters. The van der Waals surface area contributed by atoms with Gasteiger partial charge in [-0.1, -0.05) is 6.92 Å². The molecule has 0 amide bonds. The lowest BCUT2D eigenvalue weighted by molar-refractivity contribution is 0.551. The monoisotopic (exact) mass is 201 g/mol. The molecule has 0 aliphatic rings. The van der Waals surface area contributed by atoms with Gasteiger partial charge < -0.3 is 5.73 Å². The molecule has 13 heavy (non-hydrogen) atoms. The molecule has 0 aromatic carbocycles. The van der Waals surface area contributed by atoms with Crippen LogP contribution in [0.25, 0.3) is 0 Å². The third-order valence-electron chi connectivity index (χ3n) is 1.62. The van der Waals surface area contributed by atoms with Crippen LogP contribution >= 0.6 is 11.8 Å². The molecule has 0 fully saturated rings. The van der Waals surface area contributed by atoms with Crippen molar-refractivity contribution in [1.29, 1.82) is 0 Å². The summed E-state index contributed by atoms with van der Waals surface area (Å²) >= 11 is 1.82. The fourth-order valence-electron chi connectivity index (χ4n) is 0.935. The van der Waals surface area contributed by atoms with Crippen LogP contribution in [0.4, 0.5) is 0 Å². The SMILES string of the molecule is CCSCc1nnnn1CCCN. The first-order chi connectivity index (χ1) is 6.38. The van der Waals surface area contributed by atoms with Crippen LogP contribution in [0.1, 0.15) is 19.2 Å². The molecule has 0 aliphatic heterocycles. The van der Waals surface area contributed by atoms with Crippen LogP contribution in [0.5, 0.6) is 0 Å². The summed E-state index contributed by atoms with van der Waals surface area (Å²) in [6.07, 6.45) is 0.925. The van der Waals surface area contributed by atoms with Gasteiger partial charge in [-0.05, 0) is 29.1 Å². The van der Waals surface area contributed by atoms with Gasteiger partial charge in [0.1, 0.15) is 0 Å². The van der Waals surface area contributed by atoms with Gasteiger partial charge in [0.05, 0.1) is 5.75 Å². The second kappa shape index (κ2) is 5.93. The normalized spacial score (nSPS) is 10.6. The van der Waals surface area contributed by atoms with Crippen molar-refractivity contribution in [3.63, 3.8) is 0 Å². The molecular formula is C7H15N5S. The van der Waals surface area contributed by atoms with Crippen molar-refractivity contribution in [2.75, 3.05) is 12.3 Å². The number of aromatic nitrogens is 4. The Morgan fingerprint density at radius 1 is 1.54 bits per heavy atom. The van der Waals surface area contributed by atoms with Gasteiger partial charge in [-0.15, -0.1) is 5.10 Å². The van der Waals surface area contributed by atoms with Crippen LogP contribution in [0.3, 0.4) is 0 Å². The first-order valence-corrected chi connectivity index (χ1v) is 5.56. The highest BCUT2D eigenvalue weighted by Gasteiger charge is 2.03. The molecule has 1 rings (SSSR count). The Bertz CT molecular complexity index is 214. The smallest absolute Gasteiger partial charge is 0.161 e. The first-order valence-electron chi connectivity index (χ1n) is 4.41. The molecule has 1 aromatic heterocycles. The molecule has 0 radical (unpaired) electrons. The van der Waals surface area contributed by atoms with Gasteiger partial charge in [0.2, 0.25) is 0 Å². The average Bonchev–Trinajstić information content (AvgIpc) is 2.59. The molecule has 2 N–H and O–H groups in total. The zero-order valence-electron chi connectivity index (χ0n) is 7.81. The first kappa shape index (κ1) is 10.5. The topological polar surface area (TPSA) is 69.6 Å². The van der Waals surface area contributed by atoms with Crippen LogP contribution in [0.15, 0.2) is 0 Å². The van der Waals surface area contributed by atoms with Gasteiger partial charge in [-0.2, -0.15) is 11.8 Å². The number of thioether (sulfide) groups is 1. The number of tetrazole rings is 1. The van der Waals surface area contributed by atoms with Crippen molar-refractivity contribution in [2.24, 2.45) is 5.73 Å². The average molecular weight is 201 g/mol. The molecule has 0 saturated heterocycles. The van der Waals surface area contributed by atoms with E-state index in [1.165, 1.54) is 0 Å². The molecule has 5 nitrogen and oxygen atoms in total. The molecule has 1 heterocycles. The largest absolute Gasteiger partial charge is 0.330 e. The fraction of sp³-hybridized carbons (Fsp3) is 0.857. The van der Waals surface area contributed by atoms with E-state index >= 15 is 0 Å². The van der Waals surface area contributed by atoms with Gasteiger partial charge in [0, 0.05) is 6.54 Å². The molecule has 0 aliphatic carbocycles. The Hall–Kier alpha value is -0.620. The van der Waals surface area contributed by atoms with E-state index in [1.54, 1.807) is 0 Å². The lowest BCUT2D eigenvalue weighted by Gasteiger charge is -2.01. The molecule has 0 bridgehead atoms. The predicted octanol–water partition coefficient (Wildman–Crippen LogP) is 0.275. The zero-order chi connectivity index (χ0) is 9.52. The summed E-state index contributed by atoms with van der Waals surface area (Å²) in [5, 5.41) is 11.5. The van der Waals surface area contributed by atoms with Crippen molar-refractivity contribution in [3.05, 3.63) is 5.82 Å². The van der Waals surface area contributed by atoms with E-state index in [-0.39, 0.29) is 0 Å². The third kappa shape index (κ3) is 3.31. The fourth-order valence-corrected chi connectivity index (χ4v) is 1.53. The third-order valence-corrected chi connectivity index (χ3v) is 2.49. The number of nitrogens with zero attached hydrogens (tertiary/aromatic N) is 4. The van der Waals surface area contributed by atoms with E-state index in [0.717, 1.165) is 30.3 Å². The second-order valence-corrected chi connectivity index (χ2v) is 3.87. The van der Waals surface area contributed by atoms with E-state index in [4.69, 9.17) is 5.73 Å². The minimum atomic E-state index is 0.681. The highest BCUT2D eigenvalue weighted by Crippen LogP contribution is 2.07. The second-order valence-electron chi connectivity index (χ2n) is 2.60. The lowest BCUT2D eigenvalue weighted by atomic mass is 10.4. The Balaban J connectivity index is 2.45. The van der Waals surface area contributed by atoms with Crippen LogP contribution in [0.2, 0.25) is 0 Å². The number of aryl methyl sites for hydroxylation is 1. The van der Waals surface area contributed by atoms with E-state index in [0.29, 0.717) is 6.54 Å². The highest BCUT2D eigenvalue weighted by atomic mass is 32.2. The van der Waals surface area contributed by atoms with Crippen molar-refractivity contribution in [1.82, 2.24) is 20.2 Å².